The van der Waals surface area contributed by atoms with Crippen LogP contribution in [0, 0.1) is 0 Å². The van der Waals surface area contributed by atoms with Crippen LogP contribution < -0.4 is 15.5 Å². The van der Waals surface area contributed by atoms with Gasteiger partial charge in [-0.05, 0) is 60.0 Å². The summed E-state index contributed by atoms with van der Waals surface area (Å²) in [5.74, 6) is 0.966. The van der Waals surface area contributed by atoms with Crippen molar-refractivity contribution in [1.29, 1.82) is 0 Å². The fraction of sp³-hybridized carbons (Fsp3) is 0.316. The molecule has 2 amide bonds. The average Bonchev–Trinajstić information content (AvgIpc) is 3.29. The maximum Gasteiger partial charge on any atom is 0.319 e. The van der Waals surface area contributed by atoms with Crippen LogP contribution in [-0.2, 0) is 6.54 Å². The van der Waals surface area contributed by atoms with Crippen LogP contribution >= 0.6 is 0 Å². The lowest BCUT2D eigenvalue weighted by molar-refractivity contribution is 0.251. The van der Waals surface area contributed by atoms with Crippen molar-refractivity contribution in [2.75, 3.05) is 23.3 Å². The summed E-state index contributed by atoms with van der Waals surface area (Å²) in [6.07, 6.45) is 6.96. The molecule has 144 valence electrons. The minimum absolute atomic E-state index is 0.261. The van der Waals surface area contributed by atoms with E-state index in [9.17, 15) is 4.79 Å². The summed E-state index contributed by atoms with van der Waals surface area (Å²) in [5, 5.41) is 16.8. The van der Waals surface area contributed by atoms with Crippen LogP contribution in [-0.4, -0.2) is 44.3 Å². The second kappa shape index (κ2) is 8.47. The predicted octanol–water partition coefficient (Wildman–Crippen LogP) is 2.37. The van der Waals surface area contributed by atoms with Crippen molar-refractivity contribution in [3.63, 3.8) is 0 Å². The minimum atomic E-state index is -0.261. The molecular weight excluding hydrogens is 356 g/mol. The summed E-state index contributed by atoms with van der Waals surface area (Å²) in [7, 11) is 0. The second-order valence-corrected chi connectivity index (χ2v) is 6.64. The molecule has 0 aliphatic carbocycles. The first-order chi connectivity index (χ1) is 13.8. The molecule has 3 aromatic rings. The first kappa shape index (κ1) is 17.9. The summed E-state index contributed by atoms with van der Waals surface area (Å²) in [4.78, 5) is 19.1. The van der Waals surface area contributed by atoms with Crippen LogP contribution in [0.1, 0.15) is 24.8 Å². The van der Waals surface area contributed by atoms with Gasteiger partial charge in [-0.1, -0.05) is 6.07 Å². The Morgan fingerprint density at radius 3 is 2.64 bits per heavy atom. The van der Waals surface area contributed by atoms with Gasteiger partial charge >= 0.3 is 6.03 Å². The standard InChI is InChI=1S/C19H22N8O/c28-19(23-16-6-8-17(9-7-16)27-14-22-24-25-27)21-13-15-5-4-10-20-18(15)26-11-2-1-3-12-26/h4-10,14H,1-3,11-13H2,(H2,21,23,28). The van der Waals surface area contributed by atoms with Crippen molar-refractivity contribution in [1.82, 2.24) is 30.5 Å². The quantitative estimate of drug-likeness (QED) is 0.707. The Labute approximate surface area is 162 Å². The zero-order chi connectivity index (χ0) is 19.2. The number of anilines is 2. The van der Waals surface area contributed by atoms with Crippen LogP contribution in [0.25, 0.3) is 5.69 Å². The van der Waals surface area contributed by atoms with Gasteiger partial charge < -0.3 is 15.5 Å². The van der Waals surface area contributed by atoms with Gasteiger partial charge in [-0.25, -0.2) is 14.5 Å². The first-order valence-corrected chi connectivity index (χ1v) is 9.37. The third kappa shape index (κ3) is 4.25. The molecule has 1 fully saturated rings. The molecule has 28 heavy (non-hydrogen) atoms. The topological polar surface area (TPSA) is 101 Å². The van der Waals surface area contributed by atoms with E-state index in [0.29, 0.717) is 12.2 Å². The molecule has 2 aromatic heterocycles. The molecule has 0 saturated carbocycles. The number of nitrogens with zero attached hydrogens (tertiary/aromatic N) is 6. The molecular formula is C19H22N8O. The average molecular weight is 378 g/mol. The molecule has 3 heterocycles. The number of nitrogens with one attached hydrogen (secondary N) is 2. The number of amides is 2. The monoisotopic (exact) mass is 378 g/mol. The molecule has 0 bridgehead atoms. The summed E-state index contributed by atoms with van der Waals surface area (Å²) in [6.45, 7) is 2.46. The summed E-state index contributed by atoms with van der Waals surface area (Å²) >= 11 is 0. The molecule has 0 atom stereocenters. The van der Waals surface area contributed by atoms with Crippen LogP contribution in [0.5, 0.6) is 0 Å². The zero-order valence-corrected chi connectivity index (χ0v) is 15.5. The maximum atomic E-state index is 12.3. The lowest BCUT2D eigenvalue weighted by Gasteiger charge is -2.29. The first-order valence-electron chi connectivity index (χ1n) is 9.37. The smallest absolute Gasteiger partial charge is 0.319 e. The molecule has 0 unspecified atom stereocenters. The van der Waals surface area contributed by atoms with E-state index in [0.717, 1.165) is 30.2 Å². The Morgan fingerprint density at radius 1 is 1.07 bits per heavy atom. The van der Waals surface area contributed by atoms with E-state index in [1.807, 2.05) is 24.3 Å². The van der Waals surface area contributed by atoms with Crippen molar-refractivity contribution in [2.45, 2.75) is 25.8 Å². The highest BCUT2D eigenvalue weighted by atomic mass is 16.2. The van der Waals surface area contributed by atoms with Crippen molar-refractivity contribution in [2.24, 2.45) is 0 Å². The van der Waals surface area contributed by atoms with Crippen LogP contribution in [0.2, 0.25) is 0 Å². The Balaban J connectivity index is 1.35. The Morgan fingerprint density at radius 2 is 1.89 bits per heavy atom. The summed E-state index contributed by atoms with van der Waals surface area (Å²) in [6, 6.07) is 10.9. The van der Waals surface area contributed by atoms with E-state index in [2.05, 4.69) is 36.0 Å². The number of carbonyl (C=O) groups excluding carboxylic acids is 1. The highest BCUT2D eigenvalue weighted by Crippen LogP contribution is 2.21. The molecule has 1 aromatic carbocycles. The zero-order valence-electron chi connectivity index (χ0n) is 15.5. The number of rotatable bonds is 5. The van der Waals surface area contributed by atoms with Gasteiger partial charge in [0.15, 0.2) is 0 Å². The third-order valence-electron chi connectivity index (χ3n) is 4.70. The van der Waals surface area contributed by atoms with E-state index in [1.165, 1.54) is 25.6 Å². The number of piperidine rings is 1. The number of aromatic nitrogens is 5. The molecule has 9 heteroatoms. The molecule has 1 aliphatic rings. The fourth-order valence-corrected chi connectivity index (χ4v) is 3.29. The third-order valence-corrected chi connectivity index (χ3v) is 4.70. The summed E-state index contributed by atoms with van der Waals surface area (Å²) < 4.78 is 1.55. The van der Waals surface area contributed by atoms with Gasteiger partial charge in [0.1, 0.15) is 12.1 Å². The lowest BCUT2D eigenvalue weighted by atomic mass is 10.1. The number of tetrazole rings is 1. The van der Waals surface area contributed by atoms with Crippen LogP contribution in [0.4, 0.5) is 16.3 Å². The number of hydrogen-bond donors (Lipinski definition) is 2. The normalized spacial score (nSPS) is 13.9. The lowest BCUT2D eigenvalue weighted by Crippen LogP contribution is -2.33. The number of urea groups is 1. The van der Waals surface area contributed by atoms with Gasteiger partial charge in [0, 0.05) is 37.1 Å². The van der Waals surface area contributed by atoms with Crippen LogP contribution in [0.15, 0.2) is 48.9 Å². The Hall–Kier alpha value is -3.49. The van der Waals surface area contributed by atoms with Gasteiger partial charge in [-0.2, -0.15) is 0 Å². The maximum absolute atomic E-state index is 12.3. The largest absolute Gasteiger partial charge is 0.356 e. The van der Waals surface area contributed by atoms with E-state index in [4.69, 9.17) is 0 Å². The van der Waals surface area contributed by atoms with E-state index in [1.54, 1.807) is 23.0 Å². The van der Waals surface area contributed by atoms with Gasteiger partial charge in [-0.15, -0.1) is 5.10 Å². The molecule has 1 saturated heterocycles. The van der Waals surface area contributed by atoms with Gasteiger partial charge in [-0.3, -0.25) is 0 Å². The molecule has 4 rings (SSSR count). The number of hydrogen-bond acceptors (Lipinski definition) is 6. The molecule has 1 aliphatic heterocycles. The SMILES string of the molecule is O=C(NCc1cccnc1N1CCCCC1)Nc1ccc(-n2cnnn2)cc1. The molecule has 0 radical (unpaired) electrons. The highest BCUT2D eigenvalue weighted by molar-refractivity contribution is 5.89. The Bertz CT molecular complexity index is 904. The molecule has 0 spiro atoms. The Kier molecular flexibility index (Phi) is 5.41. The van der Waals surface area contributed by atoms with Crippen molar-refractivity contribution in [3.05, 3.63) is 54.5 Å². The number of pyridine rings is 1. The van der Waals surface area contributed by atoms with E-state index in [-0.39, 0.29) is 6.03 Å². The van der Waals surface area contributed by atoms with Crippen molar-refractivity contribution in [3.8, 4) is 5.69 Å². The van der Waals surface area contributed by atoms with Gasteiger partial charge in [0.2, 0.25) is 0 Å². The molecule has 2 N–H and O–H groups in total. The number of carbonyl (C=O) groups is 1. The van der Waals surface area contributed by atoms with Crippen molar-refractivity contribution < 1.29 is 4.79 Å². The van der Waals surface area contributed by atoms with Gasteiger partial charge in [0.05, 0.1) is 5.69 Å². The van der Waals surface area contributed by atoms with Gasteiger partial charge in [0.25, 0.3) is 0 Å². The van der Waals surface area contributed by atoms with Crippen LogP contribution in [0.3, 0.4) is 0 Å². The predicted molar refractivity (Wildman–Crippen MR) is 105 cm³/mol. The minimum Gasteiger partial charge on any atom is -0.356 e. The van der Waals surface area contributed by atoms with E-state index < -0.39 is 0 Å². The summed E-state index contributed by atoms with van der Waals surface area (Å²) in [5.41, 5.74) is 2.53. The highest BCUT2D eigenvalue weighted by Gasteiger charge is 2.15. The molecule has 9 nitrogen and oxygen atoms in total. The van der Waals surface area contributed by atoms with Crippen molar-refractivity contribution >= 4 is 17.5 Å². The number of benzene rings is 1. The van der Waals surface area contributed by atoms with E-state index >= 15 is 0 Å². The second-order valence-electron chi connectivity index (χ2n) is 6.64. The fourth-order valence-electron chi connectivity index (χ4n) is 3.29.